The summed E-state index contributed by atoms with van der Waals surface area (Å²) in [5, 5.41) is 13.6. The first-order chi connectivity index (χ1) is 11.4. The predicted octanol–water partition coefficient (Wildman–Crippen LogP) is 2.84. The summed E-state index contributed by atoms with van der Waals surface area (Å²) in [5.74, 6) is 1.31. The lowest BCUT2D eigenvalue weighted by molar-refractivity contribution is -0.118. The Balaban J connectivity index is 2.00. The smallest absolute Gasteiger partial charge is 0.239 e. The lowest BCUT2D eigenvalue weighted by atomic mass is 10.0. The molecule has 0 bridgehead atoms. The van der Waals surface area contributed by atoms with Crippen LogP contribution in [0.4, 0.5) is 0 Å². The molecule has 1 aromatic heterocycles. The van der Waals surface area contributed by atoms with E-state index in [1.54, 1.807) is 4.68 Å². The average molecular weight is 324 g/mol. The minimum atomic E-state index is -0.420. The van der Waals surface area contributed by atoms with Crippen LogP contribution in [0.25, 0.3) is 0 Å². The standard InChI is InChI=1S/C18H20N4O2/c1-10-6-14(7-11(2)15(10)8-19)24-18-12(3)21-22(9-16(20)23)17(18)13-4-5-13/h6-7,13H,4-5,9H2,1-3H3,(H2,20,23). The maximum Gasteiger partial charge on any atom is 0.239 e. The van der Waals surface area contributed by atoms with Gasteiger partial charge in [0.2, 0.25) is 5.91 Å². The SMILES string of the molecule is Cc1cc(Oc2c(C)nn(CC(N)=O)c2C2CC2)cc(C)c1C#N. The molecular formula is C18H20N4O2. The Morgan fingerprint density at radius 1 is 1.38 bits per heavy atom. The lowest BCUT2D eigenvalue weighted by Gasteiger charge is -2.11. The fourth-order valence-electron chi connectivity index (χ4n) is 3.01. The van der Waals surface area contributed by atoms with E-state index in [9.17, 15) is 10.1 Å². The van der Waals surface area contributed by atoms with Gasteiger partial charge in [0.05, 0.1) is 17.3 Å². The zero-order chi connectivity index (χ0) is 17.4. The van der Waals surface area contributed by atoms with Crippen molar-refractivity contribution in [3.8, 4) is 17.6 Å². The highest BCUT2D eigenvalue weighted by Gasteiger charge is 2.33. The van der Waals surface area contributed by atoms with Gasteiger partial charge in [-0.05, 0) is 56.9 Å². The Kier molecular flexibility index (Phi) is 4.02. The average Bonchev–Trinajstić information content (AvgIpc) is 3.26. The summed E-state index contributed by atoms with van der Waals surface area (Å²) in [4.78, 5) is 11.3. The van der Waals surface area contributed by atoms with Crippen molar-refractivity contribution in [2.24, 2.45) is 5.73 Å². The minimum Gasteiger partial charge on any atom is -0.453 e. The summed E-state index contributed by atoms with van der Waals surface area (Å²) in [6, 6.07) is 5.92. The van der Waals surface area contributed by atoms with Crippen molar-refractivity contribution in [3.05, 3.63) is 40.2 Å². The van der Waals surface area contributed by atoms with E-state index in [1.165, 1.54) is 0 Å². The molecule has 6 nitrogen and oxygen atoms in total. The van der Waals surface area contributed by atoms with Crippen LogP contribution >= 0.6 is 0 Å². The van der Waals surface area contributed by atoms with E-state index in [4.69, 9.17) is 10.5 Å². The molecule has 24 heavy (non-hydrogen) atoms. The molecule has 0 saturated heterocycles. The summed E-state index contributed by atoms with van der Waals surface area (Å²) in [7, 11) is 0. The van der Waals surface area contributed by atoms with E-state index in [2.05, 4.69) is 11.2 Å². The van der Waals surface area contributed by atoms with Crippen molar-refractivity contribution in [2.45, 2.75) is 46.1 Å². The Bertz CT molecular complexity index is 834. The third-order valence-corrected chi connectivity index (χ3v) is 4.22. The molecule has 2 aromatic rings. The molecule has 0 spiro atoms. The highest BCUT2D eigenvalue weighted by Crippen LogP contribution is 2.46. The number of benzene rings is 1. The molecule has 0 atom stereocenters. The number of carbonyl (C=O) groups is 1. The summed E-state index contributed by atoms with van der Waals surface area (Å²) in [6.07, 6.45) is 2.12. The van der Waals surface area contributed by atoms with E-state index in [0.29, 0.717) is 23.0 Å². The number of primary amides is 1. The molecular weight excluding hydrogens is 304 g/mol. The van der Waals surface area contributed by atoms with Crippen molar-refractivity contribution < 1.29 is 9.53 Å². The van der Waals surface area contributed by atoms with E-state index >= 15 is 0 Å². The van der Waals surface area contributed by atoms with Gasteiger partial charge in [0.25, 0.3) is 0 Å². The first-order valence-corrected chi connectivity index (χ1v) is 7.95. The second kappa shape index (κ2) is 6.00. The molecule has 2 N–H and O–H groups in total. The summed E-state index contributed by atoms with van der Waals surface area (Å²) >= 11 is 0. The molecule has 1 saturated carbocycles. The minimum absolute atomic E-state index is 0.0570. The Morgan fingerprint density at radius 2 is 2.00 bits per heavy atom. The number of rotatable bonds is 5. The summed E-state index contributed by atoms with van der Waals surface area (Å²) in [5.41, 5.74) is 9.42. The first kappa shape index (κ1) is 16.1. The number of hydrogen-bond acceptors (Lipinski definition) is 4. The summed E-state index contributed by atoms with van der Waals surface area (Å²) < 4.78 is 7.78. The third kappa shape index (κ3) is 2.98. The van der Waals surface area contributed by atoms with Crippen molar-refractivity contribution in [1.29, 1.82) is 5.26 Å². The van der Waals surface area contributed by atoms with Crippen LogP contribution in [0.2, 0.25) is 0 Å². The molecule has 1 heterocycles. The second-order valence-electron chi connectivity index (χ2n) is 6.34. The molecule has 1 fully saturated rings. The Morgan fingerprint density at radius 3 is 2.50 bits per heavy atom. The van der Waals surface area contributed by atoms with Crippen LogP contribution in [0.1, 0.15) is 46.8 Å². The number of hydrogen-bond donors (Lipinski definition) is 1. The van der Waals surface area contributed by atoms with Gasteiger partial charge in [-0.25, -0.2) is 0 Å². The van der Waals surface area contributed by atoms with Gasteiger partial charge in [0.15, 0.2) is 5.75 Å². The number of aryl methyl sites for hydroxylation is 3. The number of ether oxygens (including phenoxy) is 1. The topological polar surface area (TPSA) is 93.9 Å². The quantitative estimate of drug-likeness (QED) is 0.915. The monoisotopic (exact) mass is 324 g/mol. The summed E-state index contributed by atoms with van der Waals surface area (Å²) in [6.45, 7) is 5.71. The van der Waals surface area contributed by atoms with Crippen LogP contribution < -0.4 is 10.5 Å². The van der Waals surface area contributed by atoms with Crippen molar-refractivity contribution in [3.63, 3.8) is 0 Å². The predicted molar refractivity (Wildman–Crippen MR) is 88.8 cm³/mol. The van der Waals surface area contributed by atoms with Crippen molar-refractivity contribution >= 4 is 5.91 Å². The number of carbonyl (C=O) groups excluding carboxylic acids is 1. The first-order valence-electron chi connectivity index (χ1n) is 7.95. The van der Waals surface area contributed by atoms with E-state index in [-0.39, 0.29) is 6.54 Å². The van der Waals surface area contributed by atoms with Crippen LogP contribution in [0.15, 0.2) is 12.1 Å². The maximum absolute atomic E-state index is 11.3. The molecule has 1 aliphatic rings. The molecule has 1 aromatic carbocycles. The van der Waals surface area contributed by atoms with Crippen LogP contribution in [0.3, 0.4) is 0 Å². The molecule has 0 unspecified atom stereocenters. The fourth-order valence-corrected chi connectivity index (χ4v) is 3.01. The largest absolute Gasteiger partial charge is 0.453 e. The van der Waals surface area contributed by atoms with Gasteiger partial charge in [-0.1, -0.05) is 0 Å². The molecule has 0 aliphatic heterocycles. The van der Waals surface area contributed by atoms with E-state index in [0.717, 1.165) is 35.4 Å². The zero-order valence-corrected chi connectivity index (χ0v) is 14.1. The molecule has 1 amide bonds. The normalized spacial score (nSPS) is 13.6. The highest BCUT2D eigenvalue weighted by molar-refractivity contribution is 5.73. The zero-order valence-electron chi connectivity index (χ0n) is 14.1. The molecule has 1 aliphatic carbocycles. The maximum atomic E-state index is 11.3. The molecule has 0 radical (unpaired) electrons. The van der Waals surface area contributed by atoms with Gasteiger partial charge >= 0.3 is 0 Å². The van der Waals surface area contributed by atoms with Gasteiger partial charge in [0.1, 0.15) is 18.0 Å². The van der Waals surface area contributed by atoms with Crippen LogP contribution in [0.5, 0.6) is 11.5 Å². The van der Waals surface area contributed by atoms with Gasteiger partial charge in [0, 0.05) is 5.92 Å². The van der Waals surface area contributed by atoms with Gasteiger partial charge in [-0.15, -0.1) is 0 Å². The Hall–Kier alpha value is -2.81. The lowest BCUT2D eigenvalue weighted by Crippen LogP contribution is -2.20. The molecule has 3 rings (SSSR count). The van der Waals surface area contributed by atoms with Crippen molar-refractivity contribution in [1.82, 2.24) is 9.78 Å². The van der Waals surface area contributed by atoms with Gasteiger partial charge < -0.3 is 10.5 Å². The van der Waals surface area contributed by atoms with E-state index < -0.39 is 5.91 Å². The number of aromatic nitrogens is 2. The molecule has 6 heteroatoms. The third-order valence-electron chi connectivity index (χ3n) is 4.22. The second-order valence-corrected chi connectivity index (χ2v) is 6.34. The number of amides is 1. The van der Waals surface area contributed by atoms with Crippen LogP contribution in [-0.4, -0.2) is 15.7 Å². The number of nitriles is 1. The van der Waals surface area contributed by atoms with Crippen molar-refractivity contribution in [2.75, 3.05) is 0 Å². The highest BCUT2D eigenvalue weighted by atomic mass is 16.5. The number of nitrogens with zero attached hydrogens (tertiary/aromatic N) is 3. The fraction of sp³-hybridized carbons (Fsp3) is 0.389. The van der Waals surface area contributed by atoms with Gasteiger partial charge in [-0.3, -0.25) is 9.48 Å². The molecule has 124 valence electrons. The van der Waals surface area contributed by atoms with Crippen LogP contribution in [-0.2, 0) is 11.3 Å². The van der Waals surface area contributed by atoms with Gasteiger partial charge in [-0.2, -0.15) is 10.4 Å². The number of nitrogens with two attached hydrogens (primary N) is 1. The van der Waals surface area contributed by atoms with E-state index in [1.807, 2.05) is 32.9 Å². The Labute approximate surface area is 140 Å². The van der Waals surface area contributed by atoms with Crippen LogP contribution in [0, 0.1) is 32.1 Å².